The minimum Gasteiger partial charge on any atom is -0.451 e. The van der Waals surface area contributed by atoms with Crippen molar-refractivity contribution in [1.82, 2.24) is 0 Å². The maximum Gasteiger partial charge on any atom is 0.420 e. The Morgan fingerprint density at radius 2 is 1.00 bits per heavy atom. The molecule has 0 radical (unpaired) electrons. The molecule has 3 aromatic rings. The molecule has 4 N–H and O–H groups in total. The fourth-order valence-electron chi connectivity index (χ4n) is 2.42. The summed E-state index contributed by atoms with van der Waals surface area (Å²) in [6, 6.07) is 3.41. The van der Waals surface area contributed by atoms with Gasteiger partial charge in [-0.05, 0) is 36.4 Å². The Kier molecular flexibility index (Phi) is 5.57. The van der Waals surface area contributed by atoms with Crippen molar-refractivity contribution in [3.63, 3.8) is 0 Å². The summed E-state index contributed by atoms with van der Waals surface area (Å²) in [4.78, 5) is 0. The fourth-order valence-corrected chi connectivity index (χ4v) is 2.42. The van der Waals surface area contributed by atoms with Crippen LogP contribution >= 0.6 is 0 Å². The Morgan fingerprint density at radius 3 is 1.48 bits per heavy atom. The molecule has 0 saturated carbocycles. The predicted octanol–water partition coefficient (Wildman–Crippen LogP) is 6.15. The summed E-state index contributed by atoms with van der Waals surface area (Å²) in [5, 5.41) is 0. The summed E-state index contributed by atoms with van der Waals surface area (Å²) in [5.74, 6) is -11.5. The topological polar surface area (TPSA) is 70.5 Å². The van der Waals surface area contributed by atoms with Crippen LogP contribution in [0, 0.1) is 29.1 Å². The molecule has 0 spiro atoms. The van der Waals surface area contributed by atoms with Crippen molar-refractivity contribution >= 4 is 11.4 Å². The molecule has 0 amide bonds. The summed E-state index contributed by atoms with van der Waals surface area (Å²) in [5.41, 5.74) is 6.55. The molecule has 0 aliphatic rings. The van der Waals surface area contributed by atoms with Crippen molar-refractivity contribution < 1.29 is 44.6 Å². The molecule has 0 aliphatic carbocycles. The van der Waals surface area contributed by atoms with Crippen LogP contribution in [0.3, 0.4) is 0 Å². The van der Waals surface area contributed by atoms with Crippen molar-refractivity contribution in [2.45, 2.75) is 6.18 Å². The van der Waals surface area contributed by atoms with E-state index in [4.69, 9.17) is 20.9 Å². The second-order valence-electron chi connectivity index (χ2n) is 6.00. The van der Waals surface area contributed by atoms with E-state index < -0.39 is 75.2 Å². The number of nitrogens with two attached hydrogens (primary N) is 2. The first-order valence-electron chi connectivity index (χ1n) is 8.14. The number of benzene rings is 3. The van der Waals surface area contributed by atoms with E-state index in [9.17, 15) is 35.1 Å². The van der Waals surface area contributed by atoms with Crippen LogP contribution in [0.2, 0.25) is 0 Å². The highest BCUT2D eigenvalue weighted by molar-refractivity contribution is 5.53. The molecule has 0 aliphatic heterocycles. The van der Waals surface area contributed by atoms with Gasteiger partial charge >= 0.3 is 6.18 Å². The predicted molar refractivity (Wildman–Crippen MR) is 93.1 cm³/mol. The second-order valence-corrected chi connectivity index (χ2v) is 6.00. The first kappa shape index (κ1) is 22.0. The number of nitrogen functional groups attached to an aromatic ring is 2. The maximum atomic E-state index is 14.9. The summed E-state index contributed by atoms with van der Waals surface area (Å²) < 4.78 is 119. The smallest absolute Gasteiger partial charge is 0.420 e. The Labute approximate surface area is 168 Å². The van der Waals surface area contributed by atoms with E-state index in [0.717, 1.165) is 6.07 Å². The highest BCUT2D eigenvalue weighted by Crippen LogP contribution is 2.44. The largest absolute Gasteiger partial charge is 0.451 e. The van der Waals surface area contributed by atoms with Crippen LogP contribution in [-0.2, 0) is 6.18 Å². The van der Waals surface area contributed by atoms with E-state index in [0.29, 0.717) is 30.3 Å². The third-order valence-electron chi connectivity index (χ3n) is 3.98. The molecule has 3 rings (SSSR count). The van der Waals surface area contributed by atoms with Crippen LogP contribution in [0.4, 0.5) is 46.5 Å². The van der Waals surface area contributed by atoms with Gasteiger partial charge in [-0.2, -0.15) is 17.6 Å². The van der Waals surface area contributed by atoms with Crippen LogP contribution < -0.4 is 20.9 Å². The molecule has 0 fully saturated rings. The van der Waals surface area contributed by atoms with E-state index >= 15 is 0 Å². The average Bonchev–Trinajstić information content (AvgIpc) is 2.70. The molecule has 0 aromatic heterocycles. The van der Waals surface area contributed by atoms with Crippen molar-refractivity contribution in [2.75, 3.05) is 11.5 Å². The van der Waals surface area contributed by atoms with Crippen molar-refractivity contribution in [3.8, 4) is 23.0 Å². The Bertz CT molecular complexity index is 1160. The molecule has 0 atom stereocenters. The molecular formula is C19H10F8N2O2. The number of hydrogen-bond donors (Lipinski definition) is 2. The summed E-state index contributed by atoms with van der Waals surface area (Å²) in [6.45, 7) is 0. The van der Waals surface area contributed by atoms with Gasteiger partial charge < -0.3 is 20.9 Å². The Morgan fingerprint density at radius 1 is 0.581 bits per heavy atom. The van der Waals surface area contributed by atoms with Gasteiger partial charge in [0.1, 0.15) is 28.6 Å². The monoisotopic (exact) mass is 450 g/mol. The van der Waals surface area contributed by atoms with Gasteiger partial charge in [-0.25, -0.2) is 17.6 Å². The van der Waals surface area contributed by atoms with Crippen LogP contribution in [-0.4, -0.2) is 0 Å². The SMILES string of the molecule is Nc1c(F)ccc(Oc2ccc(C(F)(F)F)c(Oc3ccc(F)c(N)c3F)c2F)c1F. The summed E-state index contributed by atoms with van der Waals surface area (Å²) in [7, 11) is 0. The van der Waals surface area contributed by atoms with Crippen LogP contribution in [0.15, 0.2) is 36.4 Å². The highest BCUT2D eigenvalue weighted by atomic mass is 19.4. The molecule has 4 nitrogen and oxygen atoms in total. The van der Waals surface area contributed by atoms with Gasteiger partial charge in [0, 0.05) is 0 Å². The lowest BCUT2D eigenvalue weighted by Crippen LogP contribution is -2.10. The lowest BCUT2D eigenvalue weighted by Gasteiger charge is -2.17. The lowest BCUT2D eigenvalue weighted by molar-refractivity contribution is -0.138. The number of hydrogen-bond acceptors (Lipinski definition) is 4. The first-order chi connectivity index (χ1) is 14.4. The standard InChI is InChI=1S/C19H10F8N2O2/c20-8-2-5-10(13(22)16(8)28)30-12-4-1-7(19(25,26)27)18(15(12)24)31-11-6-3-9(21)17(29)14(11)23/h1-6H,28-29H2. The molecule has 164 valence electrons. The number of alkyl halides is 3. The fraction of sp³-hybridized carbons (Fsp3) is 0.0526. The van der Waals surface area contributed by atoms with E-state index in [-0.39, 0.29) is 0 Å². The van der Waals surface area contributed by atoms with Gasteiger partial charge in [-0.1, -0.05) is 0 Å². The van der Waals surface area contributed by atoms with Crippen molar-refractivity contribution in [3.05, 3.63) is 71.0 Å². The lowest BCUT2D eigenvalue weighted by atomic mass is 10.1. The van der Waals surface area contributed by atoms with Gasteiger partial charge in [0.05, 0.1) is 0 Å². The van der Waals surface area contributed by atoms with Gasteiger partial charge in [0.25, 0.3) is 0 Å². The third kappa shape index (κ3) is 4.13. The molecule has 0 saturated heterocycles. The summed E-state index contributed by atoms with van der Waals surface area (Å²) >= 11 is 0. The quantitative estimate of drug-likeness (QED) is 0.370. The molecular weight excluding hydrogens is 440 g/mol. The van der Waals surface area contributed by atoms with Gasteiger partial charge in [0.2, 0.25) is 5.82 Å². The number of anilines is 2. The zero-order valence-corrected chi connectivity index (χ0v) is 15.0. The minimum atomic E-state index is -5.16. The van der Waals surface area contributed by atoms with Crippen molar-refractivity contribution in [2.24, 2.45) is 0 Å². The molecule has 3 aromatic carbocycles. The Hall–Kier alpha value is -3.70. The van der Waals surface area contributed by atoms with Gasteiger partial charge in [0.15, 0.2) is 34.6 Å². The van der Waals surface area contributed by atoms with Crippen LogP contribution in [0.5, 0.6) is 23.0 Å². The van der Waals surface area contributed by atoms with Gasteiger partial charge in [-0.15, -0.1) is 0 Å². The van der Waals surface area contributed by atoms with Crippen LogP contribution in [0.25, 0.3) is 0 Å². The van der Waals surface area contributed by atoms with E-state index in [1.54, 1.807) is 0 Å². The van der Waals surface area contributed by atoms with Crippen molar-refractivity contribution in [1.29, 1.82) is 0 Å². The average molecular weight is 450 g/mol. The Balaban J connectivity index is 2.11. The summed E-state index contributed by atoms with van der Waals surface area (Å²) in [6.07, 6.45) is -5.16. The molecule has 12 heteroatoms. The van der Waals surface area contributed by atoms with Crippen LogP contribution in [0.1, 0.15) is 5.56 Å². The van der Waals surface area contributed by atoms with E-state index in [1.807, 2.05) is 0 Å². The molecule has 0 bridgehead atoms. The third-order valence-corrected chi connectivity index (χ3v) is 3.98. The van der Waals surface area contributed by atoms with E-state index in [1.165, 1.54) is 0 Å². The molecule has 31 heavy (non-hydrogen) atoms. The number of ether oxygens (including phenoxy) is 2. The molecule has 0 unspecified atom stereocenters. The van der Waals surface area contributed by atoms with E-state index in [2.05, 4.69) is 0 Å². The maximum absolute atomic E-state index is 14.9. The highest BCUT2D eigenvalue weighted by Gasteiger charge is 2.38. The number of rotatable bonds is 4. The number of halogens is 8. The normalized spacial score (nSPS) is 11.5. The van der Waals surface area contributed by atoms with Gasteiger partial charge in [-0.3, -0.25) is 0 Å². The zero-order chi connectivity index (χ0) is 23.1. The molecule has 0 heterocycles. The second kappa shape index (κ2) is 7.85. The minimum absolute atomic E-state index is 0.323. The zero-order valence-electron chi connectivity index (χ0n) is 15.0. The first-order valence-corrected chi connectivity index (χ1v) is 8.14.